The summed E-state index contributed by atoms with van der Waals surface area (Å²) in [7, 11) is 1.70. The van der Waals surface area contributed by atoms with Crippen LogP contribution in [0.25, 0.3) is 0 Å². The highest BCUT2D eigenvalue weighted by Crippen LogP contribution is 2.35. The third-order valence-corrected chi connectivity index (χ3v) is 4.28. The molecule has 0 aromatic rings. The number of nitrogens with zero attached hydrogens (tertiary/aromatic N) is 1. The van der Waals surface area contributed by atoms with E-state index in [1.54, 1.807) is 7.11 Å². The Morgan fingerprint density at radius 2 is 2.06 bits per heavy atom. The van der Waals surface area contributed by atoms with Crippen LogP contribution in [0.1, 0.15) is 32.6 Å². The normalized spacial score (nSPS) is 22.8. The molecule has 1 amide bonds. The smallest absolute Gasteiger partial charge is 0.231 e. The minimum absolute atomic E-state index is 0.273. The van der Waals surface area contributed by atoms with Crippen LogP contribution in [0.5, 0.6) is 0 Å². The zero-order valence-electron chi connectivity index (χ0n) is 11.7. The first-order chi connectivity index (χ1) is 8.72. The van der Waals surface area contributed by atoms with Crippen molar-refractivity contribution in [1.82, 2.24) is 10.2 Å². The predicted octanol–water partition coefficient (Wildman–Crippen LogP) is 1.26. The van der Waals surface area contributed by atoms with Gasteiger partial charge in [-0.1, -0.05) is 0 Å². The van der Waals surface area contributed by atoms with Crippen LogP contribution in [0.15, 0.2) is 0 Å². The van der Waals surface area contributed by atoms with Gasteiger partial charge in [0.1, 0.15) is 0 Å². The molecule has 0 spiro atoms. The van der Waals surface area contributed by atoms with Crippen LogP contribution in [-0.4, -0.2) is 50.7 Å². The summed E-state index contributed by atoms with van der Waals surface area (Å²) in [4.78, 5) is 14.9. The van der Waals surface area contributed by atoms with Crippen molar-refractivity contribution in [2.45, 2.75) is 32.6 Å². The Morgan fingerprint density at radius 1 is 1.39 bits per heavy atom. The number of amides is 1. The molecule has 0 unspecified atom stereocenters. The number of rotatable bonds is 6. The first-order valence-electron chi connectivity index (χ1n) is 7.21. The van der Waals surface area contributed by atoms with E-state index in [4.69, 9.17) is 4.74 Å². The van der Waals surface area contributed by atoms with E-state index in [-0.39, 0.29) is 5.41 Å². The molecule has 1 aliphatic heterocycles. The number of carbonyl (C=O) groups is 1. The van der Waals surface area contributed by atoms with E-state index in [9.17, 15) is 4.79 Å². The molecule has 0 bridgehead atoms. The number of hydrogen-bond acceptors (Lipinski definition) is 3. The number of nitrogens with one attached hydrogen (secondary N) is 1. The number of ether oxygens (including phenoxy) is 1. The third kappa shape index (κ3) is 3.04. The van der Waals surface area contributed by atoms with Crippen LogP contribution in [0.4, 0.5) is 0 Å². The van der Waals surface area contributed by atoms with E-state index in [2.05, 4.69) is 17.1 Å². The summed E-state index contributed by atoms with van der Waals surface area (Å²) < 4.78 is 5.35. The van der Waals surface area contributed by atoms with Gasteiger partial charge in [0.15, 0.2) is 0 Å². The summed E-state index contributed by atoms with van der Waals surface area (Å²) in [6.07, 6.45) is 4.40. The van der Waals surface area contributed by atoms with Gasteiger partial charge in [-0.25, -0.2) is 0 Å². The van der Waals surface area contributed by atoms with Crippen LogP contribution in [-0.2, 0) is 9.53 Å². The van der Waals surface area contributed by atoms with Gasteiger partial charge < -0.3 is 15.0 Å². The van der Waals surface area contributed by atoms with Crippen LogP contribution >= 0.6 is 0 Å². The molecule has 2 fully saturated rings. The Bertz CT molecular complexity index is 278. The van der Waals surface area contributed by atoms with Crippen molar-refractivity contribution in [2.24, 2.45) is 11.3 Å². The molecule has 0 atom stereocenters. The molecular weight excluding hydrogens is 228 g/mol. The molecule has 18 heavy (non-hydrogen) atoms. The van der Waals surface area contributed by atoms with E-state index < -0.39 is 0 Å². The lowest BCUT2D eigenvalue weighted by atomic mass is 9.78. The second-order valence-corrected chi connectivity index (χ2v) is 5.75. The van der Waals surface area contributed by atoms with Crippen molar-refractivity contribution in [3.63, 3.8) is 0 Å². The summed E-state index contributed by atoms with van der Waals surface area (Å²) in [5.41, 5.74) is -0.273. The molecule has 0 aromatic carbocycles. The minimum Gasteiger partial charge on any atom is -0.384 e. The number of carbonyl (C=O) groups excluding carboxylic acids is 1. The van der Waals surface area contributed by atoms with E-state index in [0.717, 1.165) is 44.9 Å². The minimum atomic E-state index is -0.273. The largest absolute Gasteiger partial charge is 0.384 e. The van der Waals surface area contributed by atoms with Gasteiger partial charge in [0.25, 0.3) is 0 Å². The van der Waals surface area contributed by atoms with Crippen molar-refractivity contribution in [3.8, 4) is 0 Å². The summed E-state index contributed by atoms with van der Waals surface area (Å²) >= 11 is 0. The molecule has 2 rings (SSSR count). The summed E-state index contributed by atoms with van der Waals surface area (Å²) in [5, 5.41) is 3.34. The maximum absolute atomic E-state index is 12.8. The van der Waals surface area contributed by atoms with Gasteiger partial charge in [-0.3, -0.25) is 4.79 Å². The first kappa shape index (κ1) is 13.8. The molecule has 0 radical (unpaired) electrons. The highest BCUT2D eigenvalue weighted by atomic mass is 16.5. The molecule has 4 heteroatoms. The van der Waals surface area contributed by atoms with E-state index >= 15 is 0 Å². The first-order valence-corrected chi connectivity index (χ1v) is 7.21. The van der Waals surface area contributed by atoms with Crippen molar-refractivity contribution in [2.75, 3.05) is 39.9 Å². The molecule has 1 aliphatic carbocycles. The second kappa shape index (κ2) is 6.02. The topological polar surface area (TPSA) is 41.6 Å². The molecule has 0 aromatic heterocycles. The Morgan fingerprint density at radius 3 is 2.56 bits per heavy atom. The van der Waals surface area contributed by atoms with E-state index in [1.165, 1.54) is 12.8 Å². The highest BCUT2D eigenvalue weighted by Gasteiger charge is 2.42. The third-order valence-electron chi connectivity index (χ3n) is 4.28. The molecule has 1 saturated carbocycles. The Labute approximate surface area is 110 Å². The second-order valence-electron chi connectivity index (χ2n) is 5.75. The fraction of sp³-hybridized carbons (Fsp3) is 0.929. The summed E-state index contributed by atoms with van der Waals surface area (Å²) in [6.45, 7) is 6.28. The predicted molar refractivity (Wildman–Crippen MR) is 71.4 cm³/mol. The van der Waals surface area contributed by atoms with Crippen molar-refractivity contribution >= 4 is 5.91 Å². The van der Waals surface area contributed by atoms with Gasteiger partial charge in [-0.15, -0.1) is 0 Å². The fourth-order valence-electron chi connectivity index (χ4n) is 2.90. The molecule has 4 nitrogen and oxygen atoms in total. The average molecular weight is 254 g/mol. The lowest BCUT2D eigenvalue weighted by molar-refractivity contribution is -0.147. The molecule has 2 aliphatic rings. The Balaban J connectivity index is 2.04. The lowest BCUT2D eigenvalue weighted by Gasteiger charge is -2.39. The van der Waals surface area contributed by atoms with Crippen LogP contribution in [0.2, 0.25) is 0 Å². The standard InChI is InChI=1S/C14H26N2O2/c1-3-16(10-12-4-5-12)13(17)14(11-18-2)6-8-15-9-7-14/h12,15H,3-11H2,1-2H3. The van der Waals surface area contributed by atoms with Crippen LogP contribution in [0, 0.1) is 11.3 Å². The van der Waals surface area contributed by atoms with Crippen LogP contribution in [0.3, 0.4) is 0 Å². The maximum Gasteiger partial charge on any atom is 0.231 e. The van der Waals surface area contributed by atoms with Gasteiger partial charge >= 0.3 is 0 Å². The van der Waals surface area contributed by atoms with Crippen molar-refractivity contribution in [1.29, 1.82) is 0 Å². The SMILES string of the molecule is CCN(CC1CC1)C(=O)C1(COC)CCNCC1. The van der Waals surface area contributed by atoms with Crippen LogP contribution < -0.4 is 5.32 Å². The van der Waals surface area contributed by atoms with Crippen molar-refractivity contribution in [3.05, 3.63) is 0 Å². The maximum atomic E-state index is 12.8. The van der Waals surface area contributed by atoms with Gasteiger partial charge in [-0.2, -0.15) is 0 Å². The number of piperidine rings is 1. The lowest BCUT2D eigenvalue weighted by Crippen LogP contribution is -2.52. The monoisotopic (exact) mass is 254 g/mol. The highest BCUT2D eigenvalue weighted by molar-refractivity contribution is 5.83. The average Bonchev–Trinajstić information content (AvgIpc) is 3.20. The molecular formula is C14H26N2O2. The Kier molecular flexibility index (Phi) is 4.62. The van der Waals surface area contributed by atoms with E-state index in [0.29, 0.717) is 12.5 Å². The fourth-order valence-corrected chi connectivity index (χ4v) is 2.90. The van der Waals surface area contributed by atoms with Crippen molar-refractivity contribution < 1.29 is 9.53 Å². The quantitative estimate of drug-likeness (QED) is 0.776. The number of methoxy groups -OCH3 is 1. The number of hydrogen-bond donors (Lipinski definition) is 1. The molecule has 1 saturated heterocycles. The molecule has 1 heterocycles. The molecule has 104 valence electrons. The zero-order chi connectivity index (χ0) is 13.0. The Hall–Kier alpha value is -0.610. The van der Waals surface area contributed by atoms with Gasteiger partial charge in [0.05, 0.1) is 12.0 Å². The van der Waals surface area contributed by atoms with Gasteiger partial charge in [-0.05, 0) is 51.6 Å². The summed E-state index contributed by atoms with van der Waals surface area (Å²) in [5.74, 6) is 1.08. The van der Waals surface area contributed by atoms with Gasteiger partial charge in [0, 0.05) is 20.2 Å². The van der Waals surface area contributed by atoms with E-state index in [1.807, 2.05) is 0 Å². The summed E-state index contributed by atoms with van der Waals surface area (Å²) in [6, 6.07) is 0. The molecule has 1 N–H and O–H groups in total. The zero-order valence-corrected chi connectivity index (χ0v) is 11.7. The van der Waals surface area contributed by atoms with Gasteiger partial charge in [0.2, 0.25) is 5.91 Å².